The van der Waals surface area contributed by atoms with Gasteiger partial charge in [-0.1, -0.05) is 23.2 Å². The van der Waals surface area contributed by atoms with E-state index in [0.717, 1.165) is 6.26 Å². The summed E-state index contributed by atoms with van der Waals surface area (Å²) in [6.45, 7) is -0.312. The molecule has 0 bridgehead atoms. The van der Waals surface area contributed by atoms with Crippen LogP contribution in [0, 0.1) is 10.1 Å². The van der Waals surface area contributed by atoms with Crippen molar-refractivity contribution in [3.8, 4) is 0 Å². The number of carbonyl (C=O) groups excluding carboxylic acids is 3. The molecule has 0 N–H and O–H groups in total. The Labute approximate surface area is 198 Å². The van der Waals surface area contributed by atoms with Crippen molar-refractivity contribution in [2.75, 3.05) is 12.0 Å². The molecule has 2 aromatic rings. The van der Waals surface area contributed by atoms with Crippen molar-refractivity contribution < 1.29 is 32.5 Å². The summed E-state index contributed by atoms with van der Waals surface area (Å²) in [6.07, 6.45) is 0.569. The molecular formula is C20H16Cl2N2O8S. The van der Waals surface area contributed by atoms with Crippen LogP contribution in [-0.4, -0.2) is 54.1 Å². The number of amides is 2. The standard InChI is InChI=1S/C20H16Cl2N2O8S/c1-33(30,31)7-6-17(20(27)32-10-11-2-4-12(5-3-11)24(28)29)23-18(25)13-8-15(21)16(22)9-14(13)19(23)26/h2-5,8-9,17H,6-7,10H2,1H3. The molecule has 0 aliphatic carbocycles. The summed E-state index contributed by atoms with van der Waals surface area (Å²) < 4.78 is 28.6. The summed E-state index contributed by atoms with van der Waals surface area (Å²) in [5, 5.41) is 10.8. The normalized spacial score (nSPS) is 14.2. The van der Waals surface area contributed by atoms with Crippen molar-refractivity contribution in [1.29, 1.82) is 0 Å². The zero-order chi connectivity index (χ0) is 24.5. The zero-order valence-corrected chi connectivity index (χ0v) is 19.3. The van der Waals surface area contributed by atoms with E-state index in [2.05, 4.69) is 0 Å². The van der Waals surface area contributed by atoms with Crippen LogP contribution in [0.15, 0.2) is 36.4 Å². The lowest BCUT2D eigenvalue weighted by Crippen LogP contribution is -2.46. The van der Waals surface area contributed by atoms with E-state index in [9.17, 15) is 32.9 Å². The summed E-state index contributed by atoms with van der Waals surface area (Å²) >= 11 is 11.9. The summed E-state index contributed by atoms with van der Waals surface area (Å²) in [7, 11) is -3.54. The van der Waals surface area contributed by atoms with Gasteiger partial charge in [-0.3, -0.25) is 24.6 Å². The predicted molar refractivity (Wildman–Crippen MR) is 118 cm³/mol. The smallest absolute Gasteiger partial charge is 0.329 e. The lowest BCUT2D eigenvalue weighted by Gasteiger charge is -2.24. The Hall–Kier alpha value is -3.02. The minimum Gasteiger partial charge on any atom is -0.459 e. The van der Waals surface area contributed by atoms with Crippen molar-refractivity contribution in [2.45, 2.75) is 19.1 Å². The van der Waals surface area contributed by atoms with E-state index in [1.54, 1.807) is 0 Å². The number of non-ortho nitro benzene ring substituents is 1. The number of nitro groups is 1. The fourth-order valence-corrected chi connectivity index (χ4v) is 4.16. The minimum absolute atomic E-state index is 0.0341. The van der Waals surface area contributed by atoms with Gasteiger partial charge in [0.15, 0.2) is 0 Å². The number of carbonyl (C=O) groups is 3. The summed E-state index contributed by atoms with van der Waals surface area (Å²) in [6, 6.07) is 6.09. The Balaban J connectivity index is 1.85. The molecule has 3 rings (SSSR count). The van der Waals surface area contributed by atoms with Crippen LogP contribution in [0.25, 0.3) is 0 Å². The fraction of sp³-hybridized carbons (Fsp3) is 0.250. The number of hydrogen-bond donors (Lipinski definition) is 0. The average molecular weight is 515 g/mol. The maximum absolute atomic E-state index is 12.9. The average Bonchev–Trinajstić information content (AvgIpc) is 2.97. The van der Waals surface area contributed by atoms with Crippen LogP contribution >= 0.6 is 23.2 Å². The Bertz CT molecular complexity index is 1220. The Kier molecular flexibility index (Phi) is 7.06. The molecule has 0 saturated heterocycles. The first kappa shape index (κ1) is 24.6. The highest BCUT2D eigenvalue weighted by Gasteiger charge is 2.44. The van der Waals surface area contributed by atoms with Crippen molar-refractivity contribution in [1.82, 2.24) is 4.90 Å². The topological polar surface area (TPSA) is 141 Å². The van der Waals surface area contributed by atoms with Gasteiger partial charge in [0.25, 0.3) is 17.5 Å². The third-order valence-corrected chi connectivity index (χ3v) is 6.53. The lowest BCUT2D eigenvalue weighted by molar-refractivity contribution is -0.384. The number of halogens is 2. The van der Waals surface area contributed by atoms with E-state index in [1.165, 1.54) is 36.4 Å². The second-order valence-electron chi connectivity index (χ2n) is 7.26. The molecule has 0 radical (unpaired) electrons. The van der Waals surface area contributed by atoms with Crippen LogP contribution < -0.4 is 0 Å². The molecule has 1 aliphatic rings. The highest BCUT2D eigenvalue weighted by atomic mass is 35.5. The van der Waals surface area contributed by atoms with Crippen LogP contribution in [0.2, 0.25) is 10.0 Å². The molecule has 0 spiro atoms. The number of hydrogen-bond acceptors (Lipinski definition) is 8. The number of nitrogens with zero attached hydrogens (tertiary/aromatic N) is 2. The van der Waals surface area contributed by atoms with Crippen molar-refractivity contribution >= 4 is 56.5 Å². The van der Waals surface area contributed by atoms with E-state index < -0.39 is 44.3 Å². The molecular weight excluding hydrogens is 499 g/mol. The molecule has 0 saturated carbocycles. The number of esters is 1. The van der Waals surface area contributed by atoms with Gasteiger partial charge in [-0.25, -0.2) is 13.2 Å². The summed E-state index contributed by atoms with van der Waals surface area (Å²) in [5.41, 5.74) is 0.125. The second kappa shape index (κ2) is 9.46. The highest BCUT2D eigenvalue weighted by molar-refractivity contribution is 7.90. The molecule has 1 atom stereocenters. The highest BCUT2D eigenvalue weighted by Crippen LogP contribution is 2.33. The van der Waals surface area contributed by atoms with Crippen molar-refractivity contribution in [3.63, 3.8) is 0 Å². The maximum atomic E-state index is 12.9. The van der Waals surface area contributed by atoms with Gasteiger partial charge in [0.1, 0.15) is 22.5 Å². The molecule has 1 aliphatic heterocycles. The first-order valence-corrected chi connectivity index (χ1v) is 12.2. The van der Waals surface area contributed by atoms with E-state index in [1.807, 2.05) is 0 Å². The number of sulfone groups is 1. The Morgan fingerprint density at radius 3 is 2.06 bits per heavy atom. The molecule has 10 nitrogen and oxygen atoms in total. The van der Waals surface area contributed by atoms with Gasteiger partial charge in [0, 0.05) is 18.4 Å². The molecule has 33 heavy (non-hydrogen) atoms. The van der Waals surface area contributed by atoms with Gasteiger partial charge < -0.3 is 4.74 Å². The third-order valence-electron chi connectivity index (χ3n) is 4.83. The molecule has 1 unspecified atom stereocenters. The minimum atomic E-state index is -3.54. The first-order valence-electron chi connectivity index (χ1n) is 9.33. The molecule has 1 heterocycles. The van der Waals surface area contributed by atoms with E-state index in [4.69, 9.17) is 27.9 Å². The van der Waals surface area contributed by atoms with Crippen molar-refractivity contribution in [2.24, 2.45) is 0 Å². The van der Waals surface area contributed by atoms with E-state index in [-0.39, 0.29) is 39.9 Å². The lowest BCUT2D eigenvalue weighted by atomic mass is 10.1. The molecule has 174 valence electrons. The molecule has 2 amide bonds. The van der Waals surface area contributed by atoms with Crippen molar-refractivity contribution in [3.05, 3.63) is 73.2 Å². The van der Waals surface area contributed by atoms with Crippen LogP contribution in [0.5, 0.6) is 0 Å². The quantitative estimate of drug-likeness (QED) is 0.226. The number of fused-ring (bicyclic) bond motifs is 1. The Morgan fingerprint density at radius 1 is 1.09 bits per heavy atom. The van der Waals surface area contributed by atoms with Crippen LogP contribution in [0.3, 0.4) is 0 Å². The third kappa shape index (κ3) is 5.49. The number of nitro benzene ring substituents is 1. The van der Waals surface area contributed by atoms with Crippen LogP contribution in [0.4, 0.5) is 5.69 Å². The number of rotatable bonds is 8. The molecule has 13 heteroatoms. The Morgan fingerprint density at radius 2 is 1.61 bits per heavy atom. The predicted octanol–water partition coefficient (Wildman–Crippen LogP) is 3.04. The van der Waals surface area contributed by atoms with Gasteiger partial charge in [-0.15, -0.1) is 0 Å². The van der Waals surface area contributed by atoms with Crippen LogP contribution in [0.1, 0.15) is 32.7 Å². The van der Waals surface area contributed by atoms with Gasteiger partial charge in [-0.2, -0.15) is 0 Å². The largest absolute Gasteiger partial charge is 0.459 e. The van der Waals surface area contributed by atoms with E-state index in [0.29, 0.717) is 10.5 Å². The molecule has 0 fully saturated rings. The fourth-order valence-electron chi connectivity index (χ4n) is 3.18. The van der Waals surface area contributed by atoms with Gasteiger partial charge in [0.2, 0.25) is 0 Å². The number of ether oxygens (including phenoxy) is 1. The second-order valence-corrected chi connectivity index (χ2v) is 10.3. The SMILES string of the molecule is CS(=O)(=O)CCC(C(=O)OCc1ccc([N+](=O)[O-])cc1)N1C(=O)c2cc(Cl)c(Cl)cc2C1=O. The molecule has 2 aromatic carbocycles. The number of imide groups is 1. The summed E-state index contributed by atoms with van der Waals surface area (Å²) in [4.78, 5) is 49.4. The maximum Gasteiger partial charge on any atom is 0.329 e. The first-order chi connectivity index (χ1) is 15.4. The van der Waals surface area contributed by atoms with Crippen LogP contribution in [-0.2, 0) is 26.0 Å². The van der Waals surface area contributed by atoms with E-state index >= 15 is 0 Å². The van der Waals surface area contributed by atoms with Gasteiger partial charge in [0.05, 0.1) is 31.8 Å². The van der Waals surface area contributed by atoms with Gasteiger partial charge >= 0.3 is 5.97 Å². The van der Waals surface area contributed by atoms with Gasteiger partial charge in [-0.05, 0) is 36.2 Å². The monoisotopic (exact) mass is 514 g/mol. The zero-order valence-electron chi connectivity index (χ0n) is 17.0. The number of benzene rings is 2. The summed E-state index contributed by atoms with van der Waals surface area (Å²) in [5.74, 6) is -3.17. The molecule has 0 aromatic heterocycles.